The van der Waals surface area contributed by atoms with Crippen LogP contribution in [0.25, 0.3) is 0 Å². The SMILES string of the molecule is CC(c1cc(Cl)n[nH]c1=O)n1cc(NC(=O)[C@@H](N)C2CCC(F)(F)CC2)c(F)n1. The highest BCUT2D eigenvalue weighted by atomic mass is 35.5. The van der Waals surface area contributed by atoms with Gasteiger partial charge in [-0.15, -0.1) is 5.10 Å². The number of hydrogen-bond donors (Lipinski definition) is 3. The van der Waals surface area contributed by atoms with Crippen molar-refractivity contribution >= 4 is 23.2 Å². The molecule has 2 heterocycles. The number of amides is 1. The Labute approximate surface area is 168 Å². The van der Waals surface area contributed by atoms with Gasteiger partial charge in [0.1, 0.15) is 10.8 Å². The number of carbonyl (C=O) groups is 1. The number of nitrogens with zero attached hydrogens (tertiary/aromatic N) is 3. The fraction of sp³-hybridized carbons (Fsp3) is 0.529. The van der Waals surface area contributed by atoms with Gasteiger partial charge in [0, 0.05) is 18.4 Å². The third-order valence-corrected chi connectivity index (χ3v) is 5.36. The van der Waals surface area contributed by atoms with E-state index in [1.807, 2.05) is 0 Å². The maximum Gasteiger partial charge on any atom is 0.269 e. The molecule has 0 aliphatic heterocycles. The molecular weight excluding hydrogens is 413 g/mol. The first-order chi connectivity index (χ1) is 13.6. The Bertz CT molecular complexity index is 953. The highest BCUT2D eigenvalue weighted by Crippen LogP contribution is 2.37. The van der Waals surface area contributed by atoms with Gasteiger partial charge in [0.2, 0.25) is 11.8 Å². The molecule has 1 saturated carbocycles. The molecule has 1 aliphatic carbocycles. The normalized spacial score (nSPS) is 19.0. The van der Waals surface area contributed by atoms with Crippen molar-refractivity contribution in [3.05, 3.63) is 39.3 Å². The van der Waals surface area contributed by atoms with E-state index < -0.39 is 41.3 Å². The number of aromatic amines is 1. The first kappa shape index (κ1) is 21.3. The van der Waals surface area contributed by atoms with Crippen LogP contribution in [0.3, 0.4) is 0 Å². The lowest BCUT2D eigenvalue weighted by atomic mass is 9.82. The van der Waals surface area contributed by atoms with Crippen molar-refractivity contribution in [2.24, 2.45) is 11.7 Å². The van der Waals surface area contributed by atoms with Crippen LogP contribution >= 0.6 is 11.6 Å². The number of hydrogen-bond acceptors (Lipinski definition) is 5. The van der Waals surface area contributed by atoms with E-state index in [4.69, 9.17) is 17.3 Å². The van der Waals surface area contributed by atoms with Crippen LogP contribution in [0.4, 0.5) is 18.9 Å². The Hall–Kier alpha value is -2.40. The van der Waals surface area contributed by atoms with Crippen molar-refractivity contribution in [3.63, 3.8) is 0 Å². The average molecular weight is 433 g/mol. The molecule has 0 radical (unpaired) electrons. The summed E-state index contributed by atoms with van der Waals surface area (Å²) < 4.78 is 41.9. The molecule has 2 aromatic rings. The number of nitrogens with one attached hydrogen (secondary N) is 2. The Morgan fingerprint density at radius 3 is 2.76 bits per heavy atom. The lowest BCUT2D eigenvalue weighted by molar-refractivity contribution is -0.120. The molecule has 158 valence electrons. The standard InChI is InChI=1S/C17H20ClF3N6O2/c1-8(10-6-12(18)24-25-15(10)28)27-7-11(14(19)26-27)23-16(29)13(22)9-2-4-17(20,21)5-3-9/h6-9,13H,2-5,22H2,1H3,(H,23,29)(H,25,28)/t8?,13-/m0/s1. The number of H-pyrrole nitrogens is 1. The molecule has 1 amide bonds. The van der Waals surface area contributed by atoms with Crippen molar-refractivity contribution in [2.45, 2.75) is 50.6 Å². The number of carbonyl (C=O) groups excluding carboxylic acids is 1. The largest absolute Gasteiger partial charge is 0.320 e. The van der Waals surface area contributed by atoms with Crippen molar-refractivity contribution in [1.29, 1.82) is 0 Å². The molecule has 12 heteroatoms. The highest BCUT2D eigenvalue weighted by Gasteiger charge is 2.38. The molecule has 0 aromatic carbocycles. The first-order valence-electron chi connectivity index (χ1n) is 9.01. The molecule has 8 nitrogen and oxygen atoms in total. The summed E-state index contributed by atoms with van der Waals surface area (Å²) in [5.74, 6) is -4.80. The van der Waals surface area contributed by atoms with Gasteiger partial charge in [-0.1, -0.05) is 11.6 Å². The van der Waals surface area contributed by atoms with Gasteiger partial charge >= 0.3 is 0 Å². The summed E-state index contributed by atoms with van der Waals surface area (Å²) in [7, 11) is 0. The number of rotatable bonds is 5. The third-order valence-electron chi connectivity index (χ3n) is 5.17. The Kier molecular flexibility index (Phi) is 5.99. The van der Waals surface area contributed by atoms with Gasteiger partial charge in [-0.25, -0.2) is 13.9 Å². The van der Waals surface area contributed by atoms with Crippen molar-refractivity contribution in [2.75, 3.05) is 5.32 Å². The smallest absolute Gasteiger partial charge is 0.269 e. The van der Waals surface area contributed by atoms with Gasteiger partial charge in [-0.05, 0) is 31.7 Å². The number of alkyl halides is 2. The lowest BCUT2D eigenvalue weighted by Crippen LogP contribution is -2.44. The molecule has 0 bridgehead atoms. The van der Waals surface area contributed by atoms with Crippen LogP contribution < -0.4 is 16.6 Å². The summed E-state index contributed by atoms with van der Waals surface area (Å²) in [6.45, 7) is 1.59. The van der Waals surface area contributed by atoms with Crippen molar-refractivity contribution in [3.8, 4) is 0 Å². The first-order valence-corrected chi connectivity index (χ1v) is 9.39. The Balaban J connectivity index is 1.71. The summed E-state index contributed by atoms with van der Waals surface area (Å²) in [6, 6.07) is -0.417. The van der Waals surface area contributed by atoms with Crippen LogP contribution in [0.2, 0.25) is 5.15 Å². The zero-order chi connectivity index (χ0) is 21.3. The molecule has 2 atom stereocenters. The topological polar surface area (TPSA) is 119 Å². The average Bonchev–Trinajstić information content (AvgIpc) is 3.03. The summed E-state index contributed by atoms with van der Waals surface area (Å²) >= 11 is 5.78. The number of aromatic nitrogens is 4. The Morgan fingerprint density at radius 1 is 1.45 bits per heavy atom. The van der Waals surface area contributed by atoms with Crippen LogP contribution in [0, 0.1) is 11.9 Å². The van der Waals surface area contributed by atoms with E-state index in [0.29, 0.717) is 0 Å². The van der Waals surface area contributed by atoms with E-state index >= 15 is 0 Å². The van der Waals surface area contributed by atoms with E-state index in [1.54, 1.807) is 6.92 Å². The van der Waals surface area contributed by atoms with Crippen LogP contribution in [-0.2, 0) is 4.79 Å². The zero-order valence-electron chi connectivity index (χ0n) is 15.5. The molecule has 1 fully saturated rings. The summed E-state index contributed by atoms with van der Waals surface area (Å²) in [5.41, 5.74) is 5.36. The van der Waals surface area contributed by atoms with E-state index in [9.17, 15) is 22.8 Å². The zero-order valence-corrected chi connectivity index (χ0v) is 16.2. The minimum atomic E-state index is -2.73. The highest BCUT2D eigenvalue weighted by molar-refractivity contribution is 6.29. The van der Waals surface area contributed by atoms with E-state index in [2.05, 4.69) is 20.6 Å². The fourth-order valence-electron chi connectivity index (χ4n) is 3.35. The van der Waals surface area contributed by atoms with Gasteiger partial charge in [0.15, 0.2) is 0 Å². The molecule has 1 unspecified atom stereocenters. The number of nitrogens with two attached hydrogens (primary N) is 1. The molecule has 0 saturated heterocycles. The minimum Gasteiger partial charge on any atom is -0.320 e. The van der Waals surface area contributed by atoms with Crippen molar-refractivity contribution in [1.82, 2.24) is 20.0 Å². The third kappa shape index (κ3) is 4.78. The van der Waals surface area contributed by atoms with Gasteiger partial charge in [0.05, 0.1) is 18.3 Å². The molecule has 2 aromatic heterocycles. The number of halogens is 4. The maximum atomic E-state index is 14.2. The van der Waals surface area contributed by atoms with Gasteiger partial charge in [-0.3, -0.25) is 14.3 Å². The lowest BCUT2D eigenvalue weighted by Gasteiger charge is -2.31. The molecular formula is C17H20ClF3N6O2. The van der Waals surface area contributed by atoms with Crippen LogP contribution in [0.1, 0.15) is 44.2 Å². The summed E-state index contributed by atoms with van der Waals surface area (Å²) in [6.07, 6.45) is 0.794. The second kappa shape index (κ2) is 8.15. The second-order valence-electron chi connectivity index (χ2n) is 7.17. The van der Waals surface area contributed by atoms with Gasteiger partial charge in [0.25, 0.3) is 11.5 Å². The van der Waals surface area contributed by atoms with E-state index in [-0.39, 0.29) is 42.1 Å². The molecule has 0 spiro atoms. The van der Waals surface area contributed by atoms with Crippen molar-refractivity contribution < 1.29 is 18.0 Å². The summed E-state index contributed by atoms with van der Waals surface area (Å²) in [5, 5.41) is 11.9. The Morgan fingerprint density at radius 2 is 2.10 bits per heavy atom. The molecule has 3 rings (SSSR count). The second-order valence-corrected chi connectivity index (χ2v) is 7.56. The quantitative estimate of drug-likeness (QED) is 0.670. The maximum absolute atomic E-state index is 14.2. The monoisotopic (exact) mass is 432 g/mol. The molecule has 1 aliphatic rings. The minimum absolute atomic E-state index is 0.0524. The fourth-order valence-corrected chi connectivity index (χ4v) is 3.51. The van der Waals surface area contributed by atoms with Crippen LogP contribution in [0.15, 0.2) is 17.1 Å². The van der Waals surface area contributed by atoms with Crippen LogP contribution in [0.5, 0.6) is 0 Å². The predicted molar refractivity (Wildman–Crippen MR) is 99.4 cm³/mol. The molecule has 4 N–H and O–H groups in total. The van der Waals surface area contributed by atoms with Gasteiger partial charge < -0.3 is 11.1 Å². The van der Waals surface area contributed by atoms with E-state index in [0.717, 1.165) is 4.68 Å². The predicted octanol–water partition coefficient (Wildman–Crippen LogP) is 2.46. The summed E-state index contributed by atoms with van der Waals surface area (Å²) in [4.78, 5) is 24.3. The molecule has 29 heavy (non-hydrogen) atoms. The van der Waals surface area contributed by atoms with Crippen LogP contribution in [-0.4, -0.2) is 37.8 Å². The van der Waals surface area contributed by atoms with E-state index in [1.165, 1.54) is 12.3 Å². The van der Waals surface area contributed by atoms with Gasteiger partial charge in [-0.2, -0.15) is 9.49 Å². The number of anilines is 1.